The van der Waals surface area contributed by atoms with Gasteiger partial charge in [0.2, 0.25) is 5.91 Å². The number of aromatic nitrogens is 2. The summed E-state index contributed by atoms with van der Waals surface area (Å²) in [6.45, 7) is 2.54. The van der Waals surface area contributed by atoms with Crippen molar-refractivity contribution in [3.63, 3.8) is 0 Å². The summed E-state index contributed by atoms with van der Waals surface area (Å²) in [6.07, 6.45) is 0.131. The lowest BCUT2D eigenvalue weighted by atomic mass is 10.2. The molecule has 106 valence electrons. The van der Waals surface area contributed by atoms with Crippen molar-refractivity contribution in [2.45, 2.75) is 45.1 Å². The van der Waals surface area contributed by atoms with Gasteiger partial charge in [-0.2, -0.15) is 5.10 Å². The quantitative estimate of drug-likeness (QED) is 0.868. The van der Waals surface area contributed by atoms with Gasteiger partial charge in [-0.05, 0) is 35.2 Å². The number of hydrogen-bond donors (Lipinski definition) is 1. The Morgan fingerprint density at radius 1 is 1.58 bits per heavy atom. The van der Waals surface area contributed by atoms with Gasteiger partial charge in [0, 0.05) is 12.5 Å². The number of hydrogen-bond acceptors (Lipinski definition) is 2. The van der Waals surface area contributed by atoms with Crippen molar-refractivity contribution >= 4 is 21.8 Å². The predicted octanol–water partition coefficient (Wildman–Crippen LogP) is 2.99. The number of nitrogens with one attached hydrogen (secondary N) is 1. The highest BCUT2D eigenvalue weighted by molar-refractivity contribution is 9.10. The van der Waals surface area contributed by atoms with Gasteiger partial charge in [-0.1, -0.05) is 6.92 Å². The first kappa shape index (κ1) is 14.4. The normalized spacial score (nSPS) is 15.0. The van der Waals surface area contributed by atoms with Crippen molar-refractivity contribution in [2.24, 2.45) is 0 Å². The molecule has 1 aromatic heterocycles. The maximum atomic E-state index is 12.8. The van der Waals surface area contributed by atoms with Crippen molar-refractivity contribution in [3.8, 4) is 0 Å². The molecule has 0 atom stereocenters. The van der Waals surface area contributed by atoms with Crippen molar-refractivity contribution in [3.05, 3.63) is 15.9 Å². The van der Waals surface area contributed by atoms with Crippen LogP contribution in [0.3, 0.4) is 0 Å². The highest BCUT2D eigenvalue weighted by Gasteiger charge is 2.33. The number of amides is 1. The van der Waals surface area contributed by atoms with E-state index in [4.69, 9.17) is 0 Å². The van der Waals surface area contributed by atoms with E-state index in [1.807, 2.05) is 6.92 Å². The largest absolute Gasteiger partial charge is 0.355 e. The molecule has 1 aliphatic rings. The molecule has 1 fully saturated rings. The molecule has 1 saturated carbocycles. The molecule has 19 heavy (non-hydrogen) atoms. The van der Waals surface area contributed by atoms with Gasteiger partial charge in [0.05, 0.1) is 10.2 Å². The summed E-state index contributed by atoms with van der Waals surface area (Å²) >= 11 is 3.19. The summed E-state index contributed by atoms with van der Waals surface area (Å²) in [6, 6.07) is 0. The Morgan fingerprint density at radius 3 is 2.79 bits per heavy atom. The average Bonchev–Trinajstić information content (AvgIpc) is 3.12. The number of carbonyl (C=O) groups excluding carboxylic acids is 1. The van der Waals surface area contributed by atoms with Crippen LogP contribution in [0.1, 0.15) is 49.9 Å². The zero-order chi connectivity index (χ0) is 14.0. The van der Waals surface area contributed by atoms with Gasteiger partial charge < -0.3 is 5.32 Å². The molecule has 0 saturated heterocycles. The lowest BCUT2D eigenvalue weighted by Gasteiger charge is -2.07. The molecule has 7 heteroatoms. The lowest BCUT2D eigenvalue weighted by Crippen LogP contribution is -2.29. The molecule has 0 radical (unpaired) electrons. The zero-order valence-electron chi connectivity index (χ0n) is 10.6. The topological polar surface area (TPSA) is 46.9 Å². The monoisotopic (exact) mass is 335 g/mol. The Morgan fingerprint density at radius 2 is 2.26 bits per heavy atom. The Bertz CT molecular complexity index is 472. The van der Waals surface area contributed by atoms with E-state index in [1.165, 1.54) is 4.68 Å². The summed E-state index contributed by atoms with van der Waals surface area (Å²) < 4.78 is 27.4. The molecular weight excluding hydrogens is 320 g/mol. The third-order valence-electron chi connectivity index (χ3n) is 2.99. The second-order valence-corrected chi connectivity index (χ2v) is 5.46. The van der Waals surface area contributed by atoms with Crippen LogP contribution in [0.15, 0.2) is 4.47 Å². The van der Waals surface area contributed by atoms with Gasteiger partial charge in [0.25, 0.3) is 6.43 Å². The second kappa shape index (κ2) is 5.98. The molecule has 0 bridgehead atoms. The van der Waals surface area contributed by atoms with Crippen LogP contribution in [0.25, 0.3) is 0 Å². The van der Waals surface area contributed by atoms with E-state index in [2.05, 4.69) is 26.3 Å². The van der Waals surface area contributed by atoms with E-state index < -0.39 is 6.43 Å². The number of halogens is 3. The highest BCUT2D eigenvalue weighted by Crippen LogP contribution is 2.45. The maximum absolute atomic E-state index is 12.8. The van der Waals surface area contributed by atoms with Gasteiger partial charge in [-0.25, -0.2) is 8.78 Å². The van der Waals surface area contributed by atoms with Crippen LogP contribution in [0.4, 0.5) is 8.78 Å². The van der Waals surface area contributed by atoms with E-state index in [1.54, 1.807) is 0 Å². The number of rotatable bonds is 6. The standard InChI is InChI=1S/C12H16BrF2N3O/c1-2-5-16-8(19)6-18-11(7-3-4-7)9(13)10(17-18)12(14)15/h7,12H,2-6H2,1H3,(H,16,19). The minimum absolute atomic E-state index is 0.00282. The Kier molecular flexibility index (Phi) is 4.54. The minimum atomic E-state index is -2.63. The molecular formula is C12H16BrF2N3O. The molecule has 2 rings (SSSR count). The number of alkyl halides is 2. The first-order chi connectivity index (χ1) is 9.04. The SMILES string of the molecule is CCCNC(=O)Cn1nc(C(F)F)c(Br)c1C1CC1. The van der Waals surface area contributed by atoms with Crippen LogP contribution in [0, 0.1) is 0 Å². The third kappa shape index (κ3) is 3.32. The molecule has 0 spiro atoms. The van der Waals surface area contributed by atoms with Gasteiger partial charge in [0.1, 0.15) is 12.2 Å². The fraction of sp³-hybridized carbons (Fsp3) is 0.667. The summed E-state index contributed by atoms with van der Waals surface area (Å²) in [5.41, 5.74) is 0.451. The molecule has 1 aliphatic carbocycles. The van der Waals surface area contributed by atoms with Crippen molar-refractivity contribution in [1.29, 1.82) is 0 Å². The second-order valence-electron chi connectivity index (χ2n) is 4.67. The van der Waals surface area contributed by atoms with Crippen LogP contribution >= 0.6 is 15.9 Å². The fourth-order valence-electron chi connectivity index (χ4n) is 1.94. The van der Waals surface area contributed by atoms with Gasteiger partial charge >= 0.3 is 0 Å². The van der Waals surface area contributed by atoms with Gasteiger partial charge in [-0.3, -0.25) is 9.48 Å². The summed E-state index contributed by atoms with van der Waals surface area (Å²) in [7, 11) is 0. The van der Waals surface area contributed by atoms with E-state index in [-0.39, 0.29) is 24.1 Å². The van der Waals surface area contributed by atoms with Gasteiger partial charge in [-0.15, -0.1) is 0 Å². The van der Waals surface area contributed by atoms with Crippen molar-refractivity contribution < 1.29 is 13.6 Å². The molecule has 1 amide bonds. The fourth-order valence-corrected chi connectivity index (χ4v) is 2.72. The smallest absolute Gasteiger partial charge is 0.283 e. The summed E-state index contributed by atoms with van der Waals surface area (Å²) in [5, 5.41) is 6.60. The molecule has 1 N–H and O–H groups in total. The van der Waals surface area contributed by atoms with Crippen LogP contribution in [0.2, 0.25) is 0 Å². The minimum Gasteiger partial charge on any atom is -0.355 e. The molecule has 1 heterocycles. The molecule has 0 aromatic carbocycles. The van der Waals surface area contributed by atoms with E-state index in [9.17, 15) is 13.6 Å². The highest BCUT2D eigenvalue weighted by atomic mass is 79.9. The Balaban J connectivity index is 2.19. The first-order valence-electron chi connectivity index (χ1n) is 6.35. The van der Waals surface area contributed by atoms with E-state index >= 15 is 0 Å². The molecule has 0 aliphatic heterocycles. The average molecular weight is 336 g/mol. The Labute approximate surface area is 118 Å². The zero-order valence-corrected chi connectivity index (χ0v) is 12.2. The van der Waals surface area contributed by atoms with Crippen LogP contribution in [0.5, 0.6) is 0 Å². The predicted molar refractivity (Wildman–Crippen MR) is 70.2 cm³/mol. The van der Waals surface area contributed by atoms with Crippen LogP contribution in [-0.4, -0.2) is 22.2 Å². The van der Waals surface area contributed by atoms with Crippen LogP contribution < -0.4 is 5.32 Å². The van der Waals surface area contributed by atoms with Gasteiger partial charge in [0.15, 0.2) is 0 Å². The molecule has 4 nitrogen and oxygen atoms in total. The van der Waals surface area contributed by atoms with Crippen LogP contribution in [-0.2, 0) is 11.3 Å². The van der Waals surface area contributed by atoms with Crippen molar-refractivity contribution in [2.75, 3.05) is 6.54 Å². The number of carbonyl (C=O) groups is 1. The van der Waals surface area contributed by atoms with E-state index in [0.717, 1.165) is 25.0 Å². The Hall–Kier alpha value is -0.980. The summed E-state index contributed by atoms with van der Waals surface area (Å²) in [4.78, 5) is 11.7. The molecule has 0 unspecified atom stereocenters. The third-order valence-corrected chi connectivity index (χ3v) is 3.81. The van der Waals surface area contributed by atoms with E-state index in [0.29, 0.717) is 11.0 Å². The lowest BCUT2D eigenvalue weighted by molar-refractivity contribution is -0.121. The van der Waals surface area contributed by atoms with Crippen molar-refractivity contribution in [1.82, 2.24) is 15.1 Å². The number of nitrogens with zero attached hydrogens (tertiary/aromatic N) is 2. The summed E-state index contributed by atoms with van der Waals surface area (Å²) in [5.74, 6) is 0.0490. The maximum Gasteiger partial charge on any atom is 0.283 e. The first-order valence-corrected chi connectivity index (χ1v) is 7.14. The molecule has 1 aromatic rings.